The molecular weight excluding hydrogens is 265 g/mol. The van der Waals surface area contributed by atoms with Crippen LogP contribution in [-0.2, 0) is 0 Å². The molecule has 0 saturated heterocycles. The number of hydrogen-bond acceptors (Lipinski definition) is 6. The van der Waals surface area contributed by atoms with Crippen LogP contribution in [0.1, 0.15) is 10.4 Å². The fourth-order valence-electron chi connectivity index (χ4n) is 1.18. The van der Waals surface area contributed by atoms with Crippen LogP contribution in [0.3, 0.4) is 0 Å². The number of halogens is 1. The van der Waals surface area contributed by atoms with E-state index in [0.717, 1.165) is 17.8 Å². The molecule has 0 unspecified atom stereocenters. The maximum absolute atomic E-state index is 13.2. The molecule has 0 atom stereocenters. The summed E-state index contributed by atoms with van der Waals surface area (Å²) in [6.45, 7) is 0. The van der Waals surface area contributed by atoms with E-state index >= 15 is 0 Å². The topological polar surface area (TPSA) is 89.1 Å². The van der Waals surface area contributed by atoms with Crippen molar-refractivity contribution in [3.8, 4) is 0 Å². The van der Waals surface area contributed by atoms with Crippen LogP contribution in [0.4, 0.5) is 10.1 Å². The smallest absolute Gasteiger partial charge is 0.339 e. The SMILES string of the molecule is Nc1c(F)ccc(Sc2nncs2)c1C(=O)O. The van der Waals surface area contributed by atoms with Crippen molar-refractivity contribution in [3.63, 3.8) is 0 Å². The van der Waals surface area contributed by atoms with Crippen molar-refractivity contribution < 1.29 is 14.3 Å². The average molecular weight is 271 g/mol. The van der Waals surface area contributed by atoms with Crippen molar-refractivity contribution in [3.05, 3.63) is 29.0 Å². The molecule has 0 radical (unpaired) electrons. The summed E-state index contributed by atoms with van der Waals surface area (Å²) in [6, 6.07) is 2.49. The van der Waals surface area contributed by atoms with E-state index in [0.29, 0.717) is 9.24 Å². The zero-order valence-corrected chi connectivity index (χ0v) is 9.89. The predicted molar refractivity (Wildman–Crippen MR) is 61.8 cm³/mol. The molecular formula is C9H6FN3O2S2. The van der Waals surface area contributed by atoms with Gasteiger partial charge in [-0.25, -0.2) is 9.18 Å². The van der Waals surface area contributed by atoms with Gasteiger partial charge in [-0.2, -0.15) is 0 Å². The first-order valence-electron chi connectivity index (χ1n) is 4.35. The number of aromatic nitrogens is 2. The van der Waals surface area contributed by atoms with E-state index in [2.05, 4.69) is 10.2 Å². The summed E-state index contributed by atoms with van der Waals surface area (Å²) < 4.78 is 13.7. The molecule has 0 fully saturated rings. The Kier molecular flexibility index (Phi) is 3.25. The lowest BCUT2D eigenvalue weighted by Gasteiger charge is -2.07. The van der Waals surface area contributed by atoms with E-state index in [4.69, 9.17) is 10.8 Å². The number of carboxylic acids is 1. The number of nitrogens with zero attached hydrogens (tertiary/aromatic N) is 2. The number of aromatic carboxylic acids is 1. The molecule has 17 heavy (non-hydrogen) atoms. The van der Waals surface area contributed by atoms with Crippen LogP contribution in [0.15, 0.2) is 26.9 Å². The molecule has 0 bridgehead atoms. The van der Waals surface area contributed by atoms with E-state index in [1.165, 1.54) is 22.9 Å². The lowest BCUT2D eigenvalue weighted by Crippen LogP contribution is -2.06. The van der Waals surface area contributed by atoms with Crippen LogP contribution in [-0.4, -0.2) is 21.3 Å². The summed E-state index contributed by atoms with van der Waals surface area (Å²) in [4.78, 5) is 11.4. The van der Waals surface area contributed by atoms with Gasteiger partial charge in [0, 0.05) is 4.90 Å². The minimum atomic E-state index is -1.27. The highest BCUT2D eigenvalue weighted by molar-refractivity contribution is 8.01. The first kappa shape index (κ1) is 11.8. The highest BCUT2D eigenvalue weighted by atomic mass is 32.2. The molecule has 5 nitrogen and oxygen atoms in total. The largest absolute Gasteiger partial charge is 0.478 e. The van der Waals surface area contributed by atoms with E-state index < -0.39 is 11.8 Å². The highest BCUT2D eigenvalue weighted by Gasteiger charge is 2.18. The predicted octanol–water partition coefficient (Wildman–Crippen LogP) is 2.11. The van der Waals surface area contributed by atoms with Gasteiger partial charge in [0.25, 0.3) is 0 Å². The van der Waals surface area contributed by atoms with Crippen LogP contribution < -0.4 is 5.73 Å². The maximum Gasteiger partial charge on any atom is 0.339 e. The molecule has 0 aliphatic heterocycles. The lowest BCUT2D eigenvalue weighted by atomic mass is 10.2. The second-order valence-corrected chi connectivity index (χ2v) is 5.07. The fraction of sp³-hybridized carbons (Fsp3) is 0. The molecule has 0 saturated carbocycles. The van der Waals surface area contributed by atoms with E-state index in [-0.39, 0.29) is 11.3 Å². The second-order valence-electron chi connectivity index (χ2n) is 2.95. The van der Waals surface area contributed by atoms with Crippen molar-refractivity contribution in [1.82, 2.24) is 10.2 Å². The van der Waals surface area contributed by atoms with Crippen LogP contribution in [0.25, 0.3) is 0 Å². The third kappa shape index (κ3) is 2.37. The summed E-state index contributed by atoms with van der Waals surface area (Å²) in [5.41, 5.74) is 6.32. The van der Waals surface area contributed by atoms with Crippen LogP contribution in [0.2, 0.25) is 0 Å². The molecule has 88 valence electrons. The Morgan fingerprint density at radius 1 is 1.53 bits per heavy atom. The number of nitrogen functional groups attached to an aromatic ring is 1. The number of hydrogen-bond donors (Lipinski definition) is 2. The van der Waals surface area contributed by atoms with Gasteiger partial charge in [0.2, 0.25) is 0 Å². The van der Waals surface area contributed by atoms with Crippen molar-refractivity contribution in [2.45, 2.75) is 9.24 Å². The molecule has 3 N–H and O–H groups in total. The zero-order chi connectivity index (χ0) is 12.4. The number of anilines is 1. The molecule has 2 rings (SSSR count). The standard InChI is InChI=1S/C9H6FN3O2S2/c10-4-1-2-5(6(7(4)11)8(14)15)17-9-13-12-3-16-9/h1-3H,11H2,(H,14,15). The molecule has 0 aliphatic carbocycles. The van der Waals surface area contributed by atoms with Crippen LogP contribution in [0, 0.1) is 5.82 Å². The van der Waals surface area contributed by atoms with Gasteiger partial charge < -0.3 is 10.8 Å². The quantitative estimate of drug-likeness (QED) is 0.831. The Balaban J connectivity index is 2.47. The third-order valence-electron chi connectivity index (χ3n) is 1.91. The minimum absolute atomic E-state index is 0.245. The Hall–Kier alpha value is -1.67. The first-order valence-corrected chi connectivity index (χ1v) is 6.04. The Morgan fingerprint density at radius 2 is 2.29 bits per heavy atom. The number of carbonyl (C=O) groups is 1. The third-order valence-corrected chi connectivity index (χ3v) is 3.74. The molecule has 1 heterocycles. The van der Waals surface area contributed by atoms with E-state index in [9.17, 15) is 9.18 Å². The highest BCUT2D eigenvalue weighted by Crippen LogP contribution is 2.34. The minimum Gasteiger partial charge on any atom is -0.478 e. The van der Waals surface area contributed by atoms with Crippen molar-refractivity contribution in [2.24, 2.45) is 0 Å². The first-order chi connectivity index (χ1) is 8.09. The van der Waals surface area contributed by atoms with Gasteiger partial charge in [0.1, 0.15) is 11.3 Å². The van der Waals surface area contributed by atoms with Gasteiger partial charge in [0.15, 0.2) is 4.34 Å². The van der Waals surface area contributed by atoms with Crippen LogP contribution >= 0.6 is 23.1 Å². The molecule has 0 aliphatic rings. The Labute approximate surface area is 103 Å². The summed E-state index contributed by atoms with van der Waals surface area (Å²) in [6.07, 6.45) is 0. The van der Waals surface area contributed by atoms with E-state index in [1.807, 2.05) is 0 Å². The van der Waals surface area contributed by atoms with Crippen molar-refractivity contribution in [1.29, 1.82) is 0 Å². The number of carboxylic acid groups (broad SMARTS) is 1. The van der Waals surface area contributed by atoms with Gasteiger partial charge in [0.05, 0.1) is 11.3 Å². The monoisotopic (exact) mass is 271 g/mol. The maximum atomic E-state index is 13.2. The Morgan fingerprint density at radius 3 is 2.88 bits per heavy atom. The lowest BCUT2D eigenvalue weighted by molar-refractivity contribution is 0.0694. The summed E-state index contributed by atoms with van der Waals surface area (Å²) in [7, 11) is 0. The average Bonchev–Trinajstić information content (AvgIpc) is 2.76. The number of nitrogens with two attached hydrogens (primary N) is 1. The van der Waals surface area contributed by atoms with Gasteiger partial charge in [-0.15, -0.1) is 10.2 Å². The summed E-state index contributed by atoms with van der Waals surface area (Å²) >= 11 is 2.35. The normalized spacial score (nSPS) is 10.4. The fourth-order valence-corrected chi connectivity index (χ4v) is 2.76. The van der Waals surface area contributed by atoms with Gasteiger partial charge >= 0.3 is 5.97 Å². The number of rotatable bonds is 3. The van der Waals surface area contributed by atoms with Crippen molar-refractivity contribution >= 4 is 34.8 Å². The van der Waals surface area contributed by atoms with Gasteiger partial charge in [-0.05, 0) is 12.1 Å². The summed E-state index contributed by atoms with van der Waals surface area (Å²) in [5, 5.41) is 16.4. The second kappa shape index (κ2) is 4.68. The molecule has 8 heteroatoms. The Bertz CT molecular complexity index is 560. The molecule has 1 aromatic carbocycles. The molecule has 0 amide bonds. The number of benzene rings is 1. The molecule has 2 aromatic rings. The van der Waals surface area contributed by atoms with Crippen LogP contribution in [0.5, 0.6) is 0 Å². The zero-order valence-electron chi connectivity index (χ0n) is 8.25. The van der Waals surface area contributed by atoms with Crippen molar-refractivity contribution in [2.75, 3.05) is 5.73 Å². The molecule has 0 spiro atoms. The van der Waals surface area contributed by atoms with Gasteiger partial charge in [-0.3, -0.25) is 0 Å². The summed E-state index contributed by atoms with van der Waals surface area (Å²) in [5.74, 6) is -2.02. The van der Waals surface area contributed by atoms with Gasteiger partial charge in [-0.1, -0.05) is 23.1 Å². The van der Waals surface area contributed by atoms with E-state index in [1.54, 1.807) is 0 Å². The molecule has 1 aromatic heterocycles.